The molecule has 4 N–H and O–H groups in total. The summed E-state index contributed by atoms with van der Waals surface area (Å²) in [7, 11) is -2.61. The molecule has 29 heavy (non-hydrogen) atoms. The van der Waals surface area contributed by atoms with Crippen molar-refractivity contribution in [2.75, 3.05) is 35.7 Å². The molecule has 1 aromatic heterocycles. The topological polar surface area (TPSA) is 141 Å². The maximum Gasteiger partial charge on any atom is 0.294 e. The molecular weight excluding hydrogens is 396 g/mol. The van der Waals surface area contributed by atoms with Crippen molar-refractivity contribution >= 4 is 39.3 Å². The lowest BCUT2D eigenvalue weighted by Crippen LogP contribution is -2.24. The van der Waals surface area contributed by atoms with Crippen molar-refractivity contribution in [3.63, 3.8) is 0 Å². The second-order valence-corrected chi connectivity index (χ2v) is 7.47. The summed E-state index contributed by atoms with van der Waals surface area (Å²) in [5, 5.41) is 15.2. The van der Waals surface area contributed by atoms with Crippen LogP contribution in [0.1, 0.15) is 0 Å². The Kier molecular flexibility index (Phi) is 6.22. The summed E-state index contributed by atoms with van der Waals surface area (Å²) in [6.45, 7) is 0.231. The van der Waals surface area contributed by atoms with Gasteiger partial charge in [-0.15, -0.1) is 0 Å². The van der Waals surface area contributed by atoms with Crippen LogP contribution in [0.15, 0.2) is 59.5 Å². The summed E-state index contributed by atoms with van der Waals surface area (Å²) in [6.07, 6.45) is 0. The molecule has 0 amide bonds. The molecule has 0 fully saturated rings. The monoisotopic (exact) mass is 416 g/mol. The van der Waals surface area contributed by atoms with Gasteiger partial charge in [-0.25, -0.2) is 0 Å². The largest absolute Gasteiger partial charge is 0.395 e. The van der Waals surface area contributed by atoms with Gasteiger partial charge in [-0.3, -0.25) is 4.55 Å². The third-order valence-corrected chi connectivity index (χ3v) is 4.67. The highest BCUT2D eigenvalue weighted by Crippen LogP contribution is 2.21. The Balaban J connectivity index is 1.94. The van der Waals surface area contributed by atoms with Crippen LogP contribution in [-0.2, 0) is 10.1 Å². The SMILES string of the molecule is CN(CCO)c1nc(Nc2ccccc2)nc(Nc2cccc(S(=O)(=O)O)c2)n1. The zero-order valence-electron chi connectivity index (χ0n) is 15.5. The van der Waals surface area contributed by atoms with Gasteiger partial charge >= 0.3 is 0 Å². The summed E-state index contributed by atoms with van der Waals surface area (Å²) >= 11 is 0. The quantitative estimate of drug-likeness (QED) is 0.403. The van der Waals surface area contributed by atoms with Gasteiger partial charge in [0.15, 0.2) is 0 Å². The fourth-order valence-electron chi connectivity index (χ4n) is 2.41. The number of nitrogens with zero attached hydrogens (tertiary/aromatic N) is 4. The Labute approximate surface area is 168 Å². The number of benzene rings is 2. The van der Waals surface area contributed by atoms with Crippen LogP contribution >= 0.6 is 0 Å². The molecule has 0 saturated heterocycles. The second-order valence-electron chi connectivity index (χ2n) is 6.05. The van der Waals surface area contributed by atoms with E-state index in [1.54, 1.807) is 18.0 Å². The van der Waals surface area contributed by atoms with Gasteiger partial charge in [0.2, 0.25) is 17.8 Å². The molecule has 0 saturated carbocycles. The molecule has 0 unspecified atom stereocenters. The molecule has 0 aliphatic carbocycles. The van der Waals surface area contributed by atoms with Crippen molar-refractivity contribution in [3.05, 3.63) is 54.6 Å². The van der Waals surface area contributed by atoms with E-state index in [1.165, 1.54) is 18.2 Å². The molecule has 0 radical (unpaired) electrons. The molecule has 0 aliphatic heterocycles. The third-order valence-electron chi connectivity index (χ3n) is 3.82. The number of rotatable bonds is 8. The van der Waals surface area contributed by atoms with Crippen LogP contribution < -0.4 is 15.5 Å². The van der Waals surface area contributed by atoms with Gasteiger partial charge in [-0.05, 0) is 30.3 Å². The van der Waals surface area contributed by atoms with E-state index < -0.39 is 10.1 Å². The minimum atomic E-state index is -4.34. The van der Waals surface area contributed by atoms with Crippen LogP contribution in [0.3, 0.4) is 0 Å². The molecular formula is C18H20N6O4S. The molecule has 152 valence electrons. The zero-order valence-corrected chi connectivity index (χ0v) is 16.3. The normalized spacial score (nSPS) is 11.1. The number of nitrogens with one attached hydrogen (secondary N) is 2. The molecule has 3 aromatic rings. The van der Waals surface area contributed by atoms with E-state index in [9.17, 15) is 18.1 Å². The van der Waals surface area contributed by atoms with Gasteiger partial charge in [0.05, 0.1) is 11.5 Å². The molecule has 0 spiro atoms. The van der Waals surface area contributed by atoms with E-state index in [0.29, 0.717) is 18.2 Å². The highest BCUT2D eigenvalue weighted by molar-refractivity contribution is 7.85. The van der Waals surface area contributed by atoms with Gasteiger partial charge in [-0.2, -0.15) is 23.4 Å². The van der Waals surface area contributed by atoms with E-state index in [0.717, 1.165) is 5.69 Å². The van der Waals surface area contributed by atoms with Gasteiger partial charge in [0.25, 0.3) is 10.1 Å². The highest BCUT2D eigenvalue weighted by atomic mass is 32.2. The maximum absolute atomic E-state index is 11.4. The Hall–Kier alpha value is -3.28. The number of hydrogen-bond donors (Lipinski definition) is 4. The van der Waals surface area contributed by atoms with Crippen LogP contribution in [-0.4, -0.2) is 53.2 Å². The van der Waals surface area contributed by atoms with Crippen LogP contribution in [0.25, 0.3) is 0 Å². The molecule has 0 aliphatic rings. The maximum atomic E-state index is 11.4. The minimum absolute atomic E-state index is 0.0806. The molecule has 0 atom stereocenters. The Morgan fingerprint density at radius 1 is 0.931 bits per heavy atom. The average Bonchev–Trinajstić information content (AvgIpc) is 2.68. The van der Waals surface area contributed by atoms with Crippen LogP contribution in [0.5, 0.6) is 0 Å². The predicted molar refractivity (Wildman–Crippen MR) is 109 cm³/mol. The Bertz CT molecular complexity index is 1080. The lowest BCUT2D eigenvalue weighted by molar-refractivity contribution is 0.303. The first kappa shape index (κ1) is 20.5. The van der Waals surface area contributed by atoms with Crippen LogP contribution in [0.2, 0.25) is 0 Å². The Morgan fingerprint density at radius 2 is 1.55 bits per heavy atom. The number of aliphatic hydroxyl groups excluding tert-OH is 1. The first-order chi connectivity index (χ1) is 13.8. The van der Waals surface area contributed by atoms with Crippen molar-refractivity contribution < 1.29 is 18.1 Å². The van der Waals surface area contributed by atoms with Crippen molar-refractivity contribution in [1.82, 2.24) is 15.0 Å². The first-order valence-corrected chi connectivity index (χ1v) is 10.0. The highest BCUT2D eigenvalue weighted by Gasteiger charge is 2.13. The van der Waals surface area contributed by atoms with Gasteiger partial charge in [-0.1, -0.05) is 24.3 Å². The van der Waals surface area contributed by atoms with E-state index in [4.69, 9.17) is 0 Å². The third kappa shape index (κ3) is 5.60. The van der Waals surface area contributed by atoms with Gasteiger partial charge in [0, 0.05) is 25.0 Å². The number of aromatic nitrogens is 3. The molecule has 11 heteroatoms. The lowest BCUT2D eigenvalue weighted by Gasteiger charge is -2.17. The number of hydrogen-bond acceptors (Lipinski definition) is 9. The van der Waals surface area contributed by atoms with E-state index in [1.807, 2.05) is 30.3 Å². The second kappa shape index (κ2) is 8.82. The van der Waals surface area contributed by atoms with Crippen molar-refractivity contribution in [3.8, 4) is 0 Å². The van der Waals surface area contributed by atoms with Crippen molar-refractivity contribution in [1.29, 1.82) is 0 Å². The molecule has 10 nitrogen and oxygen atoms in total. The van der Waals surface area contributed by atoms with Crippen molar-refractivity contribution in [2.45, 2.75) is 4.90 Å². The predicted octanol–water partition coefficient (Wildman–Crippen LogP) is 2.03. The average molecular weight is 416 g/mol. The zero-order chi connectivity index (χ0) is 20.9. The first-order valence-electron chi connectivity index (χ1n) is 8.60. The number of likely N-dealkylation sites (N-methyl/N-ethyl adjacent to an activating group) is 1. The summed E-state index contributed by atoms with van der Waals surface area (Å²) < 4.78 is 31.9. The number of aliphatic hydroxyl groups is 1. The summed E-state index contributed by atoms with van der Waals surface area (Å²) in [4.78, 5) is 14.4. The van der Waals surface area contributed by atoms with Gasteiger partial charge in [0.1, 0.15) is 0 Å². The lowest BCUT2D eigenvalue weighted by atomic mass is 10.3. The molecule has 0 bridgehead atoms. The van der Waals surface area contributed by atoms with E-state index >= 15 is 0 Å². The summed E-state index contributed by atoms with van der Waals surface area (Å²) in [5.41, 5.74) is 1.14. The standard InChI is InChI=1S/C18H20N6O4S/c1-24(10-11-25)18-22-16(19-13-6-3-2-4-7-13)21-17(23-18)20-14-8-5-9-15(12-14)29(26,27)28/h2-9,12,25H,10-11H2,1H3,(H,26,27,28)(H2,19,20,21,22,23). The fourth-order valence-corrected chi connectivity index (χ4v) is 2.94. The minimum Gasteiger partial charge on any atom is -0.395 e. The molecule has 3 rings (SSSR count). The summed E-state index contributed by atoms with van der Waals surface area (Å²) in [5.74, 6) is 0.728. The fraction of sp³-hybridized carbons (Fsp3) is 0.167. The number of para-hydroxylation sites is 1. The molecule has 1 heterocycles. The van der Waals surface area contributed by atoms with Crippen LogP contribution in [0.4, 0.5) is 29.2 Å². The van der Waals surface area contributed by atoms with Crippen LogP contribution in [0, 0.1) is 0 Å². The van der Waals surface area contributed by atoms with Gasteiger partial charge < -0.3 is 20.6 Å². The number of anilines is 5. The van der Waals surface area contributed by atoms with Crippen molar-refractivity contribution in [2.24, 2.45) is 0 Å². The van der Waals surface area contributed by atoms with E-state index in [2.05, 4.69) is 25.6 Å². The Morgan fingerprint density at radius 3 is 2.17 bits per heavy atom. The van der Waals surface area contributed by atoms with E-state index in [-0.39, 0.29) is 23.4 Å². The smallest absolute Gasteiger partial charge is 0.294 e. The summed E-state index contributed by atoms with van der Waals surface area (Å²) in [6, 6.07) is 14.9. The molecule has 2 aromatic carbocycles.